The highest BCUT2D eigenvalue weighted by Crippen LogP contribution is 2.17. The Balaban J connectivity index is 3.05. The molecule has 0 aliphatic heterocycles. The van der Waals surface area contributed by atoms with E-state index in [0.717, 1.165) is 0 Å². The Bertz CT molecular complexity index is 274. The van der Waals surface area contributed by atoms with Gasteiger partial charge in [0.15, 0.2) is 0 Å². The van der Waals surface area contributed by atoms with E-state index < -0.39 is 0 Å². The van der Waals surface area contributed by atoms with Crippen LogP contribution in [-0.2, 0) is 0 Å². The van der Waals surface area contributed by atoms with Crippen molar-refractivity contribution in [3.63, 3.8) is 0 Å². The van der Waals surface area contributed by atoms with E-state index in [2.05, 4.69) is 47.1 Å². The second-order valence-corrected chi connectivity index (χ2v) is 3.36. The monoisotopic (exact) mass is 210 g/mol. The van der Waals surface area contributed by atoms with Crippen LogP contribution in [0.1, 0.15) is 18.1 Å². The van der Waals surface area contributed by atoms with Crippen LogP contribution in [0.2, 0.25) is 0 Å². The number of rotatable bonds is 1. The van der Waals surface area contributed by atoms with Gasteiger partial charge in [0.05, 0.1) is 0 Å². The van der Waals surface area contributed by atoms with Crippen molar-refractivity contribution in [2.75, 3.05) is 0 Å². The largest absolute Gasteiger partial charge is 0.0871 e. The molecule has 0 aliphatic rings. The topological polar surface area (TPSA) is 0 Å². The fourth-order valence-corrected chi connectivity index (χ4v) is 1.30. The molecule has 0 atom stereocenters. The highest BCUT2D eigenvalue weighted by molar-refractivity contribution is 9.10. The number of halogens is 1. The molecule has 0 N–H and O–H groups in total. The summed E-state index contributed by atoms with van der Waals surface area (Å²) in [7, 11) is 0. The van der Waals surface area contributed by atoms with Crippen molar-refractivity contribution in [1.82, 2.24) is 0 Å². The van der Waals surface area contributed by atoms with Gasteiger partial charge in [-0.25, -0.2) is 0 Å². The molecule has 0 unspecified atom stereocenters. The van der Waals surface area contributed by atoms with Crippen LogP contribution in [0.5, 0.6) is 0 Å². The van der Waals surface area contributed by atoms with E-state index in [4.69, 9.17) is 0 Å². The first kappa shape index (κ1) is 8.54. The average Bonchev–Trinajstić information content (AvgIpc) is 1.98. The zero-order valence-electron chi connectivity index (χ0n) is 6.76. The smallest absolute Gasteiger partial charge is 0.0210 e. The van der Waals surface area contributed by atoms with Gasteiger partial charge in [0.25, 0.3) is 0 Å². The molecule has 1 aromatic rings. The Morgan fingerprint density at radius 1 is 1.36 bits per heavy atom. The molecule has 0 amide bonds. The number of hydrogen-bond donors (Lipinski definition) is 0. The van der Waals surface area contributed by atoms with E-state index in [1.807, 2.05) is 13.0 Å². The van der Waals surface area contributed by atoms with Crippen LogP contribution in [0.25, 0.3) is 6.08 Å². The van der Waals surface area contributed by atoms with Gasteiger partial charge < -0.3 is 0 Å². The van der Waals surface area contributed by atoms with E-state index in [0.29, 0.717) is 0 Å². The van der Waals surface area contributed by atoms with Gasteiger partial charge >= 0.3 is 0 Å². The molecule has 0 aromatic heterocycles. The molecule has 0 aliphatic carbocycles. The van der Waals surface area contributed by atoms with E-state index in [9.17, 15) is 0 Å². The molecule has 0 spiro atoms. The lowest BCUT2D eigenvalue weighted by Crippen LogP contribution is -1.76. The summed E-state index contributed by atoms with van der Waals surface area (Å²) >= 11 is 3.48. The zero-order valence-corrected chi connectivity index (χ0v) is 8.35. The lowest BCUT2D eigenvalue weighted by atomic mass is 10.1. The minimum atomic E-state index is 1.17. The third-order valence-corrected chi connectivity index (χ3v) is 2.41. The second-order valence-electron chi connectivity index (χ2n) is 2.51. The molecule has 11 heavy (non-hydrogen) atoms. The molecule has 0 heterocycles. The molecule has 0 bridgehead atoms. The summed E-state index contributed by atoms with van der Waals surface area (Å²) < 4.78 is 1.17. The van der Waals surface area contributed by atoms with E-state index >= 15 is 0 Å². The molecular weight excluding hydrogens is 200 g/mol. The normalized spacial score (nSPS) is 10.8. The van der Waals surface area contributed by atoms with Gasteiger partial charge in [-0.2, -0.15) is 0 Å². The summed E-state index contributed by atoms with van der Waals surface area (Å²) in [5, 5.41) is 0. The highest BCUT2D eigenvalue weighted by Gasteiger charge is 1.92. The Morgan fingerprint density at radius 2 is 2.09 bits per heavy atom. The summed E-state index contributed by atoms with van der Waals surface area (Å²) in [5.41, 5.74) is 2.52. The van der Waals surface area contributed by atoms with Crippen molar-refractivity contribution in [2.24, 2.45) is 0 Å². The zero-order chi connectivity index (χ0) is 8.27. The van der Waals surface area contributed by atoms with Crippen molar-refractivity contribution < 1.29 is 0 Å². The van der Waals surface area contributed by atoms with Gasteiger partial charge in [-0.05, 0) is 31.0 Å². The standard InChI is InChI=1S/C10H11Br/c1-3-4-9-6-5-8(2)10(11)7-9/h3-7H,1-2H3/b4-3+. The highest BCUT2D eigenvalue weighted by atomic mass is 79.9. The first-order chi connectivity index (χ1) is 5.24. The number of benzene rings is 1. The first-order valence-corrected chi connectivity index (χ1v) is 4.42. The van der Waals surface area contributed by atoms with E-state index in [1.165, 1.54) is 15.6 Å². The molecule has 1 heteroatoms. The Morgan fingerprint density at radius 3 is 2.64 bits per heavy atom. The second kappa shape index (κ2) is 3.72. The van der Waals surface area contributed by atoms with Crippen molar-refractivity contribution in [1.29, 1.82) is 0 Å². The van der Waals surface area contributed by atoms with E-state index in [1.54, 1.807) is 0 Å². The number of hydrogen-bond acceptors (Lipinski definition) is 0. The minimum Gasteiger partial charge on any atom is -0.0871 e. The molecule has 0 nitrogen and oxygen atoms in total. The van der Waals surface area contributed by atoms with Crippen molar-refractivity contribution in [2.45, 2.75) is 13.8 Å². The summed E-state index contributed by atoms with van der Waals surface area (Å²) in [6.45, 7) is 4.11. The van der Waals surface area contributed by atoms with Crippen LogP contribution in [0.15, 0.2) is 28.7 Å². The summed E-state index contributed by atoms with van der Waals surface area (Å²) in [5.74, 6) is 0. The lowest BCUT2D eigenvalue weighted by Gasteiger charge is -1.98. The van der Waals surface area contributed by atoms with Crippen LogP contribution in [0, 0.1) is 6.92 Å². The first-order valence-electron chi connectivity index (χ1n) is 3.63. The van der Waals surface area contributed by atoms with Crippen LogP contribution in [-0.4, -0.2) is 0 Å². The van der Waals surface area contributed by atoms with E-state index in [-0.39, 0.29) is 0 Å². The summed E-state index contributed by atoms with van der Waals surface area (Å²) in [4.78, 5) is 0. The molecule has 1 rings (SSSR count). The van der Waals surface area contributed by atoms with Crippen molar-refractivity contribution in [3.05, 3.63) is 39.9 Å². The summed E-state index contributed by atoms with van der Waals surface area (Å²) in [6.07, 6.45) is 4.13. The van der Waals surface area contributed by atoms with Crippen molar-refractivity contribution >= 4 is 22.0 Å². The number of aryl methyl sites for hydroxylation is 1. The quantitative estimate of drug-likeness (QED) is 0.662. The van der Waals surface area contributed by atoms with Gasteiger partial charge in [0, 0.05) is 4.47 Å². The third-order valence-electron chi connectivity index (χ3n) is 1.56. The molecule has 0 saturated carbocycles. The maximum absolute atomic E-state index is 3.48. The Hall–Kier alpha value is -0.560. The van der Waals surface area contributed by atoms with Crippen molar-refractivity contribution in [3.8, 4) is 0 Å². The Kier molecular flexibility index (Phi) is 2.89. The SMILES string of the molecule is C/C=C/c1ccc(C)c(Br)c1. The molecule has 58 valence electrons. The molecular formula is C10H11Br. The maximum Gasteiger partial charge on any atom is 0.0210 e. The predicted octanol–water partition coefficient (Wildman–Crippen LogP) is 3.79. The van der Waals surface area contributed by atoms with Gasteiger partial charge in [0.1, 0.15) is 0 Å². The van der Waals surface area contributed by atoms with Gasteiger partial charge in [-0.15, -0.1) is 0 Å². The van der Waals surface area contributed by atoms with Crippen LogP contribution >= 0.6 is 15.9 Å². The van der Waals surface area contributed by atoms with Gasteiger partial charge in [-0.3, -0.25) is 0 Å². The minimum absolute atomic E-state index is 1.17. The molecule has 0 fully saturated rings. The predicted molar refractivity (Wildman–Crippen MR) is 53.6 cm³/mol. The van der Waals surface area contributed by atoms with Crippen LogP contribution in [0.4, 0.5) is 0 Å². The fraction of sp³-hybridized carbons (Fsp3) is 0.200. The van der Waals surface area contributed by atoms with Gasteiger partial charge in [-0.1, -0.05) is 40.2 Å². The molecule has 0 radical (unpaired) electrons. The third kappa shape index (κ3) is 2.19. The molecule has 1 aromatic carbocycles. The summed E-state index contributed by atoms with van der Waals surface area (Å²) in [6, 6.07) is 6.34. The lowest BCUT2D eigenvalue weighted by molar-refractivity contribution is 1.42. The average molecular weight is 211 g/mol. The molecule has 0 saturated heterocycles. The Labute approximate surface area is 76.1 Å². The van der Waals surface area contributed by atoms with Crippen LogP contribution in [0.3, 0.4) is 0 Å². The fourth-order valence-electron chi connectivity index (χ4n) is 0.905. The number of allylic oxidation sites excluding steroid dienone is 1. The van der Waals surface area contributed by atoms with Gasteiger partial charge in [0.2, 0.25) is 0 Å². The maximum atomic E-state index is 3.48. The van der Waals surface area contributed by atoms with Crippen LogP contribution < -0.4 is 0 Å².